The standard InChI is InChI=1S/C17H12BrN3O3/c18-9-2-3-10-13(6-9)21-17(23)14(10)15-16(22)11-5-8(7-19-24)1-4-12(11)20-15/h1-7,11-12,20,24H,(H,21,23)/b15-14-,19-7+. The molecule has 1 aromatic rings. The van der Waals surface area contributed by atoms with E-state index in [4.69, 9.17) is 5.21 Å². The van der Waals surface area contributed by atoms with Crippen LogP contribution in [0, 0.1) is 5.92 Å². The molecule has 0 spiro atoms. The summed E-state index contributed by atoms with van der Waals surface area (Å²) in [4.78, 5) is 25.2. The maximum Gasteiger partial charge on any atom is 0.258 e. The molecule has 6 nitrogen and oxygen atoms in total. The average molecular weight is 386 g/mol. The van der Waals surface area contributed by atoms with Crippen molar-refractivity contribution < 1.29 is 14.8 Å². The zero-order valence-corrected chi connectivity index (χ0v) is 13.9. The highest BCUT2D eigenvalue weighted by molar-refractivity contribution is 9.10. The van der Waals surface area contributed by atoms with Gasteiger partial charge >= 0.3 is 0 Å². The number of nitrogens with one attached hydrogen (secondary N) is 2. The highest BCUT2D eigenvalue weighted by Gasteiger charge is 2.41. The summed E-state index contributed by atoms with van der Waals surface area (Å²) < 4.78 is 0.853. The molecule has 2 unspecified atom stereocenters. The van der Waals surface area contributed by atoms with E-state index in [2.05, 4.69) is 31.7 Å². The van der Waals surface area contributed by atoms with Crippen LogP contribution in [-0.2, 0) is 9.59 Å². The van der Waals surface area contributed by atoms with E-state index in [9.17, 15) is 9.59 Å². The summed E-state index contributed by atoms with van der Waals surface area (Å²) >= 11 is 3.37. The molecule has 1 aliphatic carbocycles. The Labute approximate surface area is 145 Å². The van der Waals surface area contributed by atoms with Gasteiger partial charge in [-0.1, -0.05) is 45.4 Å². The van der Waals surface area contributed by atoms with Crippen molar-refractivity contribution in [1.29, 1.82) is 0 Å². The summed E-state index contributed by atoms with van der Waals surface area (Å²) in [6, 6.07) is 5.25. The molecule has 2 heterocycles. The number of carbonyl (C=O) groups excluding carboxylic acids is 2. The zero-order chi connectivity index (χ0) is 16.8. The van der Waals surface area contributed by atoms with Gasteiger partial charge in [-0.2, -0.15) is 0 Å². The van der Waals surface area contributed by atoms with E-state index in [1.54, 1.807) is 12.2 Å². The van der Waals surface area contributed by atoms with Gasteiger partial charge in [0.25, 0.3) is 5.91 Å². The summed E-state index contributed by atoms with van der Waals surface area (Å²) in [5, 5.41) is 17.6. The first-order valence-electron chi connectivity index (χ1n) is 7.32. The van der Waals surface area contributed by atoms with Gasteiger partial charge in [-0.05, 0) is 17.7 Å². The van der Waals surface area contributed by atoms with Crippen LogP contribution in [0.3, 0.4) is 0 Å². The van der Waals surface area contributed by atoms with Gasteiger partial charge in [-0.15, -0.1) is 0 Å². The molecular weight excluding hydrogens is 374 g/mol. The molecule has 1 fully saturated rings. The van der Waals surface area contributed by atoms with Gasteiger partial charge in [0, 0.05) is 10.0 Å². The van der Waals surface area contributed by atoms with Crippen LogP contribution >= 0.6 is 15.9 Å². The molecule has 1 saturated heterocycles. The maximum atomic E-state index is 12.8. The lowest BCUT2D eigenvalue weighted by molar-refractivity contribution is -0.117. The largest absolute Gasteiger partial charge is 0.411 e. The monoisotopic (exact) mass is 385 g/mol. The number of halogens is 1. The van der Waals surface area contributed by atoms with Crippen molar-refractivity contribution in [2.24, 2.45) is 11.1 Å². The number of Topliss-reactive ketones (excluding diaryl/α,β-unsaturated/α-hetero) is 1. The molecule has 1 amide bonds. The Morgan fingerprint density at radius 1 is 1.29 bits per heavy atom. The van der Waals surface area contributed by atoms with Gasteiger partial charge in [0.2, 0.25) is 0 Å². The molecule has 3 aliphatic rings. The third-order valence-electron chi connectivity index (χ3n) is 4.30. The summed E-state index contributed by atoms with van der Waals surface area (Å²) in [5.41, 5.74) is 2.74. The van der Waals surface area contributed by atoms with E-state index in [1.807, 2.05) is 24.3 Å². The van der Waals surface area contributed by atoms with Gasteiger partial charge < -0.3 is 15.8 Å². The SMILES string of the molecule is O=C1Nc2cc(Br)ccc2/C1=C1/NC2C=CC(/C=N/O)=CC2C1=O. The van der Waals surface area contributed by atoms with Crippen LogP contribution in [0.1, 0.15) is 5.56 Å². The number of hydrogen-bond acceptors (Lipinski definition) is 5. The first-order chi connectivity index (χ1) is 11.6. The topological polar surface area (TPSA) is 90.8 Å². The highest BCUT2D eigenvalue weighted by atomic mass is 79.9. The number of nitrogens with zero attached hydrogens (tertiary/aromatic N) is 1. The van der Waals surface area contributed by atoms with E-state index in [-0.39, 0.29) is 17.7 Å². The fourth-order valence-corrected chi connectivity index (χ4v) is 3.58. The van der Waals surface area contributed by atoms with E-state index in [1.165, 1.54) is 6.21 Å². The molecule has 2 atom stereocenters. The average Bonchev–Trinajstić information content (AvgIpc) is 3.04. The number of benzene rings is 1. The lowest BCUT2D eigenvalue weighted by atomic mass is 9.90. The summed E-state index contributed by atoms with van der Waals surface area (Å²) in [6.45, 7) is 0. The quantitative estimate of drug-likeness (QED) is 0.299. The van der Waals surface area contributed by atoms with Gasteiger partial charge in [0.15, 0.2) is 5.78 Å². The molecule has 0 aromatic heterocycles. The minimum atomic E-state index is -0.419. The van der Waals surface area contributed by atoms with Crippen LogP contribution in [0.25, 0.3) is 5.57 Å². The number of hydrogen-bond donors (Lipinski definition) is 3. The van der Waals surface area contributed by atoms with Crippen molar-refractivity contribution in [2.75, 3.05) is 5.32 Å². The van der Waals surface area contributed by atoms with Gasteiger partial charge in [0.1, 0.15) is 0 Å². The Morgan fingerprint density at radius 2 is 2.12 bits per heavy atom. The summed E-state index contributed by atoms with van der Waals surface area (Å²) in [7, 11) is 0. The molecule has 7 heteroatoms. The normalized spacial score (nSPS) is 27.8. The van der Waals surface area contributed by atoms with Crippen molar-refractivity contribution in [1.82, 2.24) is 5.32 Å². The predicted octanol–water partition coefficient (Wildman–Crippen LogP) is 2.23. The van der Waals surface area contributed by atoms with Crippen molar-refractivity contribution >= 4 is 45.1 Å². The predicted molar refractivity (Wildman–Crippen MR) is 92.6 cm³/mol. The van der Waals surface area contributed by atoms with Crippen LogP contribution in [0.4, 0.5) is 5.69 Å². The van der Waals surface area contributed by atoms with Crippen molar-refractivity contribution in [3.05, 3.63) is 57.7 Å². The van der Waals surface area contributed by atoms with Crippen molar-refractivity contribution in [2.45, 2.75) is 6.04 Å². The van der Waals surface area contributed by atoms with Gasteiger partial charge in [-0.25, -0.2) is 0 Å². The van der Waals surface area contributed by atoms with Crippen LogP contribution in [0.15, 0.2) is 57.3 Å². The van der Waals surface area contributed by atoms with Crippen LogP contribution in [0.5, 0.6) is 0 Å². The number of carbonyl (C=O) groups is 2. The van der Waals surface area contributed by atoms with E-state index < -0.39 is 5.92 Å². The molecule has 120 valence electrons. The molecular formula is C17H12BrN3O3. The fraction of sp³-hybridized carbons (Fsp3) is 0.118. The third kappa shape index (κ3) is 2.20. The van der Waals surface area contributed by atoms with Crippen LogP contribution in [-0.4, -0.2) is 29.2 Å². The Morgan fingerprint density at radius 3 is 2.92 bits per heavy atom. The summed E-state index contributed by atoms with van der Waals surface area (Å²) in [5.74, 6) is -0.852. The van der Waals surface area contributed by atoms with Gasteiger partial charge in [0.05, 0.1) is 35.1 Å². The number of rotatable bonds is 1. The fourth-order valence-electron chi connectivity index (χ4n) is 3.22. The highest BCUT2D eigenvalue weighted by Crippen LogP contribution is 2.38. The lowest BCUT2D eigenvalue weighted by Crippen LogP contribution is -2.26. The first kappa shape index (κ1) is 14.9. The minimum absolute atomic E-state index is 0.144. The zero-order valence-electron chi connectivity index (χ0n) is 12.3. The Bertz CT molecular complexity index is 898. The molecule has 1 aromatic carbocycles. The van der Waals surface area contributed by atoms with Gasteiger partial charge in [-0.3, -0.25) is 9.59 Å². The number of ketones is 1. The minimum Gasteiger partial charge on any atom is -0.411 e. The molecule has 0 bridgehead atoms. The second kappa shape index (κ2) is 5.45. The summed E-state index contributed by atoms with van der Waals surface area (Å²) in [6.07, 6.45) is 6.62. The number of amides is 1. The smallest absolute Gasteiger partial charge is 0.258 e. The van der Waals surface area contributed by atoms with Crippen LogP contribution in [0.2, 0.25) is 0 Å². The van der Waals surface area contributed by atoms with E-state index in [0.29, 0.717) is 28.1 Å². The molecule has 4 rings (SSSR count). The van der Waals surface area contributed by atoms with Crippen molar-refractivity contribution in [3.8, 4) is 0 Å². The molecule has 3 N–H and O–H groups in total. The van der Waals surface area contributed by atoms with E-state index >= 15 is 0 Å². The Balaban J connectivity index is 1.79. The number of oxime groups is 1. The molecule has 24 heavy (non-hydrogen) atoms. The number of allylic oxidation sites excluding steroid dienone is 3. The van der Waals surface area contributed by atoms with E-state index in [0.717, 1.165) is 4.47 Å². The Kier molecular flexibility index (Phi) is 3.38. The van der Waals surface area contributed by atoms with Crippen molar-refractivity contribution in [3.63, 3.8) is 0 Å². The number of fused-ring (bicyclic) bond motifs is 2. The number of anilines is 1. The first-order valence-corrected chi connectivity index (χ1v) is 8.11. The molecule has 0 saturated carbocycles. The second-order valence-corrected chi connectivity index (χ2v) is 6.64. The maximum absolute atomic E-state index is 12.8. The lowest BCUT2D eigenvalue weighted by Gasteiger charge is -2.15. The molecule has 2 aliphatic heterocycles. The Hall–Kier alpha value is -2.67. The molecule has 0 radical (unpaired) electrons. The van der Waals surface area contributed by atoms with Crippen LogP contribution < -0.4 is 10.6 Å². The third-order valence-corrected chi connectivity index (χ3v) is 4.79. The second-order valence-electron chi connectivity index (χ2n) is 5.72.